The quantitative estimate of drug-likeness (QED) is 0.639. The molecule has 0 aromatic carbocycles. The summed E-state index contributed by atoms with van der Waals surface area (Å²) in [5.74, 6) is 0.964. The molecule has 0 aliphatic heterocycles. The van der Waals surface area contributed by atoms with Crippen LogP contribution in [-0.2, 0) is 13.5 Å². The first kappa shape index (κ1) is 12.9. The van der Waals surface area contributed by atoms with E-state index < -0.39 is 4.92 Å². The molecule has 0 spiro atoms. The number of nitrogens with zero attached hydrogens (tertiary/aromatic N) is 5. The van der Waals surface area contributed by atoms with Crippen LogP contribution in [0.15, 0.2) is 18.5 Å². The molecule has 100 valence electrons. The van der Waals surface area contributed by atoms with E-state index in [1.54, 1.807) is 31.0 Å². The van der Waals surface area contributed by atoms with Crippen molar-refractivity contribution in [2.24, 2.45) is 7.05 Å². The summed E-state index contributed by atoms with van der Waals surface area (Å²) >= 11 is 0. The largest absolute Gasteiger partial charge is 0.364 e. The van der Waals surface area contributed by atoms with Gasteiger partial charge in [0, 0.05) is 31.8 Å². The average Bonchev–Trinajstić information content (AvgIpc) is 2.75. The van der Waals surface area contributed by atoms with Crippen molar-refractivity contribution in [1.29, 1.82) is 0 Å². The predicted octanol–water partition coefficient (Wildman–Crippen LogP) is 1.08. The van der Waals surface area contributed by atoms with E-state index in [1.165, 1.54) is 6.07 Å². The molecule has 8 nitrogen and oxygen atoms in total. The number of nitrogens with one attached hydrogen (secondary N) is 1. The molecule has 2 aromatic rings. The molecule has 8 heteroatoms. The van der Waals surface area contributed by atoms with Crippen molar-refractivity contribution in [2.75, 3.05) is 11.9 Å². The maximum absolute atomic E-state index is 10.9. The van der Waals surface area contributed by atoms with Crippen molar-refractivity contribution < 1.29 is 4.92 Å². The van der Waals surface area contributed by atoms with Gasteiger partial charge < -0.3 is 5.32 Å². The highest BCUT2D eigenvalue weighted by atomic mass is 16.6. The van der Waals surface area contributed by atoms with Crippen LogP contribution in [0.5, 0.6) is 0 Å². The average molecular weight is 262 g/mol. The Morgan fingerprint density at radius 1 is 1.47 bits per heavy atom. The molecule has 0 saturated heterocycles. The Kier molecular flexibility index (Phi) is 3.69. The first-order valence-electron chi connectivity index (χ1n) is 5.76. The number of aryl methyl sites for hydroxylation is 2. The van der Waals surface area contributed by atoms with Gasteiger partial charge in [0.25, 0.3) is 0 Å². The molecule has 0 radical (unpaired) electrons. The Balaban J connectivity index is 2.02. The van der Waals surface area contributed by atoms with E-state index in [2.05, 4.69) is 20.4 Å². The predicted molar refractivity (Wildman–Crippen MR) is 68.8 cm³/mol. The summed E-state index contributed by atoms with van der Waals surface area (Å²) in [6.07, 6.45) is 2.19. The summed E-state index contributed by atoms with van der Waals surface area (Å²) in [6.45, 7) is 2.27. The lowest BCUT2D eigenvalue weighted by molar-refractivity contribution is -0.384. The van der Waals surface area contributed by atoms with Crippen LogP contribution in [-0.4, -0.2) is 31.2 Å². The molecule has 0 unspecified atom stereocenters. The second-order valence-corrected chi connectivity index (χ2v) is 4.09. The smallest absolute Gasteiger partial charge is 0.311 e. The zero-order valence-corrected chi connectivity index (χ0v) is 10.7. The Morgan fingerprint density at radius 2 is 2.26 bits per heavy atom. The van der Waals surface area contributed by atoms with E-state index >= 15 is 0 Å². The van der Waals surface area contributed by atoms with Gasteiger partial charge in [0.05, 0.1) is 4.92 Å². The zero-order valence-electron chi connectivity index (χ0n) is 10.7. The minimum absolute atomic E-state index is 0.0282. The van der Waals surface area contributed by atoms with Crippen LogP contribution in [0.4, 0.5) is 11.5 Å². The number of nitro groups is 1. The van der Waals surface area contributed by atoms with Gasteiger partial charge in [0.2, 0.25) is 5.82 Å². The van der Waals surface area contributed by atoms with Gasteiger partial charge in [-0.25, -0.2) is 9.97 Å². The number of hydrogen-bond donors (Lipinski definition) is 1. The van der Waals surface area contributed by atoms with E-state index in [0.29, 0.717) is 18.8 Å². The lowest BCUT2D eigenvalue weighted by atomic mass is 10.3. The van der Waals surface area contributed by atoms with Crippen LogP contribution in [0, 0.1) is 17.0 Å². The molecule has 2 rings (SSSR count). The molecular weight excluding hydrogens is 248 g/mol. The minimum Gasteiger partial charge on any atom is -0.364 e. The third-order valence-electron chi connectivity index (χ3n) is 2.50. The van der Waals surface area contributed by atoms with Gasteiger partial charge in [-0.05, 0) is 13.0 Å². The Bertz CT molecular complexity index is 595. The number of aromatic nitrogens is 4. The monoisotopic (exact) mass is 262 g/mol. The first-order chi connectivity index (χ1) is 9.06. The van der Waals surface area contributed by atoms with Crippen molar-refractivity contribution in [2.45, 2.75) is 13.3 Å². The molecular formula is C11H14N6O2. The second-order valence-electron chi connectivity index (χ2n) is 4.09. The van der Waals surface area contributed by atoms with Crippen molar-refractivity contribution in [1.82, 2.24) is 19.7 Å². The van der Waals surface area contributed by atoms with Gasteiger partial charge in [0.1, 0.15) is 6.33 Å². The molecule has 0 aliphatic carbocycles. The van der Waals surface area contributed by atoms with Gasteiger partial charge >= 0.3 is 5.69 Å². The highest BCUT2D eigenvalue weighted by molar-refractivity contribution is 5.56. The van der Waals surface area contributed by atoms with Crippen molar-refractivity contribution >= 4 is 11.5 Å². The van der Waals surface area contributed by atoms with Crippen LogP contribution in [0.1, 0.15) is 11.5 Å². The standard InChI is InChI=1S/C11H14N6O2/c1-8-3-4-9(17(18)19)11(14-8)12-6-5-10-13-7-16(2)15-10/h3-4,7H,5-6H2,1-2H3,(H,12,14). The van der Waals surface area contributed by atoms with Crippen LogP contribution < -0.4 is 5.32 Å². The summed E-state index contributed by atoms with van der Waals surface area (Å²) in [7, 11) is 1.79. The van der Waals surface area contributed by atoms with Crippen LogP contribution in [0.3, 0.4) is 0 Å². The zero-order chi connectivity index (χ0) is 13.8. The second kappa shape index (κ2) is 5.42. The number of pyridine rings is 1. The fourth-order valence-electron chi connectivity index (χ4n) is 1.62. The van der Waals surface area contributed by atoms with Crippen LogP contribution in [0.25, 0.3) is 0 Å². The molecule has 0 fully saturated rings. The molecule has 2 heterocycles. The van der Waals surface area contributed by atoms with E-state index in [0.717, 1.165) is 5.69 Å². The van der Waals surface area contributed by atoms with Crippen molar-refractivity contribution in [3.8, 4) is 0 Å². The highest BCUT2D eigenvalue weighted by Crippen LogP contribution is 2.21. The molecule has 0 aliphatic rings. The van der Waals surface area contributed by atoms with Crippen molar-refractivity contribution in [3.05, 3.63) is 40.1 Å². The maximum atomic E-state index is 10.9. The molecule has 2 aromatic heterocycles. The molecule has 0 bridgehead atoms. The lowest BCUT2D eigenvalue weighted by Crippen LogP contribution is -2.10. The summed E-state index contributed by atoms with van der Waals surface area (Å²) < 4.78 is 1.61. The fraction of sp³-hybridized carbons (Fsp3) is 0.364. The number of anilines is 1. The van der Waals surface area contributed by atoms with Crippen LogP contribution >= 0.6 is 0 Å². The van der Waals surface area contributed by atoms with Crippen LogP contribution in [0.2, 0.25) is 0 Å². The van der Waals surface area contributed by atoms with Gasteiger partial charge in [-0.3, -0.25) is 14.8 Å². The third-order valence-corrected chi connectivity index (χ3v) is 2.50. The summed E-state index contributed by atoms with van der Waals surface area (Å²) in [5.41, 5.74) is 0.698. The number of hydrogen-bond acceptors (Lipinski definition) is 6. The lowest BCUT2D eigenvalue weighted by Gasteiger charge is -2.05. The summed E-state index contributed by atoms with van der Waals surface area (Å²) in [4.78, 5) is 18.6. The normalized spacial score (nSPS) is 10.4. The fourth-order valence-corrected chi connectivity index (χ4v) is 1.62. The Hall–Kier alpha value is -2.51. The van der Waals surface area contributed by atoms with Gasteiger partial charge in [-0.1, -0.05) is 0 Å². The van der Waals surface area contributed by atoms with Gasteiger partial charge in [-0.15, -0.1) is 0 Å². The molecule has 0 atom stereocenters. The molecule has 0 saturated carbocycles. The van der Waals surface area contributed by atoms with E-state index in [9.17, 15) is 10.1 Å². The summed E-state index contributed by atoms with van der Waals surface area (Å²) in [5, 5.41) is 17.9. The number of rotatable bonds is 5. The Labute approximate surface area is 109 Å². The first-order valence-corrected chi connectivity index (χ1v) is 5.76. The van der Waals surface area contributed by atoms with E-state index in [-0.39, 0.29) is 11.5 Å². The molecule has 19 heavy (non-hydrogen) atoms. The van der Waals surface area contributed by atoms with Crippen molar-refractivity contribution in [3.63, 3.8) is 0 Å². The summed E-state index contributed by atoms with van der Waals surface area (Å²) in [6, 6.07) is 3.06. The van der Waals surface area contributed by atoms with E-state index in [4.69, 9.17) is 0 Å². The molecule has 0 amide bonds. The Morgan fingerprint density at radius 3 is 2.89 bits per heavy atom. The maximum Gasteiger partial charge on any atom is 0.311 e. The third kappa shape index (κ3) is 3.24. The topological polar surface area (TPSA) is 98.8 Å². The molecule has 1 N–H and O–H groups in total. The van der Waals surface area contributed by atoms with Gasteiger partial charge in [0.15, 0.2) is 5.82 Å². The highest BCUT2D eigenvalue weighted by Gasteiger charge is 2.14. The van der Waals surface area contributed by atoms with E-state index in [1.807, 2.05) is 0 Å². The minimum atomic E-state index is -0.451. The SMILES string of the molecule is Cc1ccc([N+](=O)[O-])c(NCCc2ncn(C)n2)n1. The van der Waals surface area contributed by atoms with Gasteiger partial charge in [-0.2, -0.15) is 5.10 Å².